The van der Waals surface area contributed by atoms with E-state index in [9.17, 15) is 14.2 Å². The van der Waals surface area contributed by atoms with Crippen LogP contribution in [-0.2, 0) is 32.7 Å². The fourth-order valence-corrected chi connectivity index (χ4v) is 3.13. The van der Waals surface area contributed by atoms with Crippen LogP contribution >= 0.6 is 7.60 Å². The van der Waals surface area contributed by atoms with E-state index in [0.717, 1.165) is 12.8 Å². The molecule has 0 aliphatic carbocycles. The Morgan fingerprint density at radius 2 is 1.25 bits per heavy atom. The zero-order valence-electron chi connectivity index (χ0n) is 18.6. The molecular weight excluding hydrogens is 383 g/mol. The van der Waals surface area contributed by atoms with E-state index < -0.39 is 44.0 Å². The number of rotatable bonds is 11. The molecule has 0 radical (unpaired) electrons. The Labute approximate surface area is 169 Å². The summed E-state index contributed by atoms with van der Waals surface area (Å²) in [6.45, 7) is 13.3. The van der Waals surface area contributed by atoms with Gasteiger partial charge >= 0.3 is 19.5 Å². The number of allylic oxidation sites excluding steroid dienone is 2. The molecule has 0 heterocycles. The van der Waals surface area contributed by atoms with E-state index in [1.165, 1.54) is 5.57 Å². The maximum absolute atomic E-state index is 12.9. The minimum atomic E-state index is -3.58. The Hall–Kier alpha value is -1.17. The van der Waals surface area contributed by atoms with Crippen molar-refractivity contribution in [1.82, 2.24) is 0 Å². The third-order valence-corrected chi connectivity index (χ3v) is 5.40. The first-order valence-corrected chi connectivity index (χ1v) is 11.3. The molecule has 0 aliphatic heterocycles. The minimum Gasteiger partial charge on any atom is -0.438 e. The summed E-state index contributed by atoms with van der Waals surface area (Å²) in [5.41, 5.74) is -0.166. The summed E-state index contributed by atoms with van der Waals surface area (Å²) in [7, 11) is -3.58. The van der Waals surface area contributed by atoms with Gasteiger partial charge in [-0.15, -0.1) is 0 Å². The van der Waals surface area contributed by atoms with Gasteiger partial charge in [-0.3, -0.25) is 23.2 Å². The van der Waals surface area contributed by atoms with Crippen LogP contribution in [0.3, 0.4) is 0 Å². The van der Waals surface area contributed by atoms with E-state index in [0.29, 0.717) is 6.42 Å². The van der Waals surface area contributed by atoms with Crippen molar-refractivity contribution in [3.63, 3.8) is 0 Å². The molecule has 0 rings (SSSR count). The molecule has 0 N–H and O–H groups in total. The highest BCUT2D eigenvalue weighted by molar-refractivity contribution is 7.53. The summed E-state index contributed by atoms with van der Waals surface area (Å²) in [5.74, 6) is -0.941. The standard InChI is InChI=1S/C20H37O7P/c1-16(2)12-10-9-11-13-28(23,26-14-24-17(21)19(3,4)5)27-15-25-18(22)20(6,7)8/h12H,9-11,13-15H2,1-8H3. The Kier molecular flexibility index (Phi) is 11.2. The molecule has 0 fully saturated rings. The second-order valence-electron chi connectivity index (χ2n) is 8.97. The van der Waals surface area contributed by atoms with Crippen LogP contribution in [0.25, 0.3) is 0 Å². The molecule has 0 aromatic rings. The Morgan fingerprint density at radius 1 is 0.821 bits per heavy atom. The van der Waals surface area contributed by atoms with Crippen molar-refractivity contribution in [2.24, 2.45) is 10.8 Å². The van der Waals surface area contributed by atoms with Crippen LogP contribution in [-0.4, -0.2) is 31.7 Å². The SMILES string of the molecule is CC(C)=CCCCCP(=O)(OCOC(=O)C(C)(C)C)OCOC(=O)C(C)(C)C. The van der Waals surface area contributed by atoms with Gasteiger partial charge in [-0.2, -0.15) is 0 Å². The van der Waals surface area contributed by atoms with Crippen LogP contribution in [0.2, 0.25) is 0 Å². The van der Waals surface area contributed by atoms with Gasteiger partial charge in [0, 0.05) is 0 Å². The van der Waals surface area contributed by atoms with E-state index in [4.69, 9.17) is 18.5 Å². The first kappa shape index (κ1) is 26.8. The zero-order valence-corrected chi connectivity index (χ0v) is 19.5. The summed E-state index contributed by atoms with van der Waals surface area (Å²) in [5, 5.41) is 0. The Bertz CT molecular complexity index is 542. The van der Waals surface area contributed by atoms with E-state index in [1.54, 1.807) is 41.5 Å². The smallest absolute Gasteiger partial charge is 0.336 e. The van der Waals surface area contributed by atoms with Crippen molar-refractivity contribution < 1.29 is 32.7 Å². The number of hydrogen-bond acceptors (Lipinski definition) is 7. The molecule has 0 bridgehead atoms. The molecule has 0 amide bonds. The second kappa shape index (κ2) is 11.7. The molecule has 0 saturated carbocycles. The van der Waals surface area contributed by atoms with Crippen LogP contribution in [0.5, 0.6) is 0 Å². The number of carbonyl (C=O) groups is 2. The van der Waals surface area contributed by atoms with Crippen molar-refractivity contribution in [2.75, 3.05) is 19.7 Å². The number of unbranched alkanes of at least 4 members (excludes halogenated alkanes) is 2. The first-order chi connectivity index (χ1) is 12.7. The van der Waals surface area contributed by atoms with Gasteiger partial charge in [-0.25, -0.2) is 0 Å². The van der Waals surface area contributed by atoms with Gasteiger partial charge in [0.2, 0.25) is 13.6 Å². The molecule has 0 spiro atoms. The average molecular weight is 420 g/mol. The topological polar surface area (TPSA) is 88.1 Å². The normalized spacial score (nSPS) is 12.4. The molecule has 0 aliphatic rings. The van der Waals surface area contributed by atoms with Crippen LogP contribution in [0, 0.1) is 10.8 Å². The summed E-state index contributed by atoms with van der Waals surface area (Å²) in [4.78, 5) is 23.6. The number of ether oxygens (including phenoxy) is 2. The maximum Gasteiger partial charge on any atom is 0.336 e. The van der Waals surface area contributed by atoms with E-state index in [-0.39, 0.29) is 6.16 Å². The van der Waals surface area contributed by atoms with Gasteiger partial charge in [0.15, 0.2) is 0 Å². The molecule has 164 valence electrons. The quantitative estimate of drug-likeness (QED) is 0.144. The van der Waals surface area contributed by atoms with E-state index in [2.05, 4.69) is 6.08 Å². The lowest BCUT2D eigenvalue weighted by Gasteiger charge is -2.22. The number of carbonyl (C=O) groups excluding carboxylic acids is 2. The number of hydrogen-bond donors (Lipinski definition) is 0. The number of esters is 2. The zero-order chi connectivity index (χ0) is 22.0. The van der Waals surface area contributed by atoms with Gasteiger partial charge in [-0.1, -0.05) is 11.6 Å². The highest BCUT2D eigenvalue weighted by Crippen LogP contribution is 2.49. The maximum atomic E-state index is 12.9. The summed E-state index contributed by atoms with van der Waals surface area (Å²) >= 11 is 0. The monoisotopic (exact) mass is 420 g/mol. The second-order valence-corrected chi connectivity index (χ2v) is 11.2. The van der Waals surface area contributed by atoms with Gasteiger partial charge in [0.1, 0.15) is 0 Å². The van der Waals surface area contributed by atoms with Crippen LogP contribution in [0.4, 0.5) is 0 Å². The van der Waals surface area contributed by atoms with Crippen molar-refractivity contribution in [3.8, 4) is 0 Å². The fourth-order valence-electron chi connectivity index (χ4n) is 1.76. The minimum absolute atomic E-state index is 0.143. The van der Waals surface area contributed by atoms with Crippen molar-refractivity contribution in [1.29, 1.82) is 0 Å². The molecule has 7 nitrogen and oxygen atoms in total. The van der Waals surface area contributed by atoms with Crippen molar-refractivity contribution in [2.45, 2.75) is 74.7 Å². The summed E-state index contributed by atoms with van der Waals surface area (Å²) < 4.78 is 33.5. The van der Waals surface area contributed by atoms with Crippen LogP contribution < -0.4 is 0 Å². The van der Waals surface area contributed by atoms with Crippen LogP contribution in [0.1, 0.15) is 74.7 Å². The third kappa shape index (κ3) is 12.3. The van der Waals surface area contributed by atoms with E-state index in [1.807, 2.05) is 13.8 Å². The molecule has 0 aromatic carbocycles. The summed E-state index contributed by atoms with van der Waals surface area (Å²) in [6.07, 6.45) is 4.51. The predicted octanol–water partition coefficient (Wildman–Crippen LogP) is 5.44. The van der Waals surface area contributed by atoms with Gasteiger partial charge in [0.25, 0.3) is 0 Å². The lowest BCUT2D eigenvalue weighted by Crippen LogP contribution is -2.25. The highest BCUT2D eigenvalue weighted by atomic mass is 31.2. The molecule has 0 aromatic heterocycles. The Morgan fingerprint density at radius 3 is 1.61 bits per heavy atom. The van der Waals surface area contributed by atoms with Gasteiger partial charge < -0.3 is 9.47 Å². The molecule has 0 saturated heterocycles. The largest absolute Gasteiger partial charge is 0.438 e. The third-order valence-electron chi connectivity index (χ3n) is 3.54. The summed E-state index contributed by atoms with van der Waals surface area (Å²) in [6, 6.07) is 0. The average Bonchev–Trinajstić information content (AvgIpc) is 2.52. The lowest BCUT2D eigenvalue weighted by molar-refractivity contribution is -0.162. The molecule has 0 atom stereocenters. The Balaban J connectivity index is 4.71. The predicted molar refractivity (Wildman–Crippen MR) is 109 cm³/mol. The highest BCUT2D eigenvalue weighted by Gasteiger charge is 2.29. The van der Waals surface area contributed by atoms with Gasteiger partial charge in [-0.05, 0) is 74.7 Å². The lowest BCUT2D eigenvalue weighted by atomic mass is 9.98. The molecule has 0 unspecified atom stereocenters. The van der Waals surface area contributed by atoms with Gasteiger partial charge in [0.05, 0.1) is 17.0 Å². The first-order valence-electron chi connectivity index (χ1n) is 9.53. The molecule has 28 heavy (non-hydrogen) atoms. The fraction of sp³-hybridized carbons (Fsp3) is 0.800. The van der Waals surface area contributed by atoms with Crippen LogP contribution in [0.15, 0.2) is 11.6 Å². The van der Waals surface area contributed by atoms with E-state index >= 15 is 0 Å². The van der Waals surface area contributed by atoms with Crippen molar-refractivity contribution >= 4 is 19.5 Å². The molecular formula is C20H37O7P. The molecule has 8 heteroatoms. The van der Waals surface area contributed by atoms with Crippen molar-refractivity contribution in [3.05, 3.63) is 11.6 Å².